The van der Waals surface area contributed by atoms with E-state index in [4.69, 9.17) is 4.98 Å². The highest BCUT2D eigenvalue weighted by Gasteiger charge is 2.26. The first-order valence-electron chi connectivity index (χ1n) is 19.3. The molecule has 0 aliphatic carbocycles. The second-order valence-electron chi connectivity index (χ2n) is 15.1. The van der Waals surface area contributed by atoms with Crippen LogP contribution in [0.4, 0.5) is 0 Å². The number of pyridine rings is 1. The van der Waals surface area contributed by atoms with E-state index in [9.17, 15) is 0 Å². The minimum atomic E-state index is 0.973. The van der Waals surface area contributed by atoms with Crippen LogP contribution in [0.2, 0.25) is 0 Å². The number of para-hydroxylation sites is 3. The Balaban J connectivity index is 1.15. The summed E-state index contributed by atoms with van der Waals surface area (Å²) in [6.45, 7) is 0. The summed E-state index contributed by atoms with van der Waals surface area (Å²) in [4.78, 5) is 5.42. The van der Waals surface area contributed by atoms with Gasteiger partial charge in [-0.2, -0.15) is 0 Å². The first kappa shape index (κ1) is 29.9. The van der Waals surface area contributed by atoms with Gasteiger partial charge in [0.2, 0.25) is 0 Å². The normalized spacial score (nSPS) is 12.3. The summed E-state index contributed by atoms with van der Waals surface area (Å²) in [5.41, 5.74) is 14.2. The van der Waals surface area contributed by atoms with Gasteiger partial charge in [-0.1, -0.05) is 140 Å². The van der Waals surface area contributed by atoms with E-state index in [1.54, 1.807) is 0 Å². The van der Waals surface area contributed by atoms with Crippen molar-refractivity contribution in [2.45, 2.75) is 0 Å². The van der Waals surface area contributed by atoms with E-state index in [2.05, 4.69) is 197 Å². The van der Waals surface area contributed by atoms with Crippen LogP contribution in [-0.4, -0.2) is 14.1 Å². The second kappa shape index (κ2) is 11.0. The van der Waals surface area contributed by atoms with Gasteiger partial charge in [0, 0.05) is 49.1 Å². The molecule has 0 N–H and O–H groups in total. The third-order valence-corrected chi connectivity index (χ3v) is 12.2. The lowest BCUT2D eigenvalue weighted by Crippen LogP contribution is -2.00. The van der Waals surface area contributed by atoms with Crippen molar-refractivity contribution in [3.8, 4) is 44.9 Å². The summed E-state index contributed by atoms with van der Waals surface area (Å²) in [7, 11) is 0. The van der Waals surface area contributed by atoms with Gasteiger partial charge in [-0.05, 0) is 86.9 Å². The molecule has 0 unspecified atom stereocenters. The molecule has 0 spiro atoms. The Morgan fingerprint density at radius 2 is 1.00 bits per heavy atom. The molecule has 4 heterocycles. The van der Waals surface area contributed by atoms with Crippen molar-refractivity contribution in [2.75, 3.05) is 0 Å². The van der Waals surface area contributed by atoms with E-state index in [1.807, 2.05) is 0 Å². The van der Waals surface area contributed by atoms with Gasteiger partial charge in [0.15, 0.2) is 0 Å². The molecule has 3 nitrogen and oxygen atoms in total. The van der Waals surface area contributed by atoms with E-state index < -0.39 is 0 Å². The molecule has 3 aromatic heterocycles. The Kier molecular flexibility index (Phi) is 5.89. The van der Waals surface area contributed by atoms with Gasteiger partial charge in [-0.15, -0.1) is 0 Å². The maximum absolute atomic E-state index is 5.42. The van der Waals surface area contributed by atoms with Gasteiger partial charge in [-0.3, -0.25) is 4.57 Å². The van der Waals surface area contributed by atoms with E-state index in [0.717, 1.165) is 33.5 Å². The van der Waals surface area contributed by atoms with E-state index in [0.29, 0.717) is 0 Å². The predicted molar refractivity (Wildman–Crippen MR) is 235 cm³/mol. The first-order valence-corrected chi connectivity index (χ1v) is 19.3. The lowest BCUT2D eigenvalue weighted by Gasteiger charge is -2.14. The summed E-state index contributed by atoms with van der Waals surface area (Å²) in [5.74, 6) is 0.973. The topological polar surface area (TPSA) is 22.8 Å². The summed E-state index contributed by atoms with van der Waals surface area (Å²) in [6.07, 6.45) is 0. The van der Waals surface area contributed by atoms with Crippen LogP contribution in [0.3, 0.4) is 0 Å². The molecule has 0 saturated carbocycles. The second-order valence-corrected chi connectivity index (χ2v) is 15.1. The Hall–Kier alpha value is -7.49. The van der Waals surface area contributed by atoms with E-state index in [-0.39, 0.29) is 0 Å². The number of hydrogen-bond acceptors (Lipinski definition) is 1. The van der Waals surface area contributed by atoms with Crippen molar-refractivity contribution in [2.24, 2.45) is 0 Å². The van der Waals surface area contributed by atoms with Gasteiger partial charge < -0.3 is 4.57 Å². The standard InChI is InChI=1S/C53H31N3/c1-2-15-35(16-3-1)55-49-28-25-32-13-4-6-17-36(32)50(49)46-31-43(39-20-9-10-21-40(39)52(46)55)33-26-27-48-44(29-33)42-23-12-22-41-37-18-7-8-19-38(37)45-30-34-14-5-11-24-47(34)54-53(45)56(48)51(41)42/h1-31H. The summed E-state index contributed by atoms with van der Waals surface area (Å²) in [5, 5.41) is 11.1. The monoisotopic (exact) mass is 709 g/mol. The van der Waals surface area contributed by atoms with Crippen LogP contribution in [0.5, 0.6) is 0 Å². The molecule has 0 amide bonds. The van der Waals surface area contributed by atoms with Crippen molar-refractivity contribution in [3.63, 3.8) is 0 Å². The molecule has 0 radical (unpaired) electrons. The van der Waals surface area contributed by atoms with Gasteiger partial charge in [0.25, 0.3) is 0 Å². The highest BCUT2D eigenvalue weighted by atomic mass is 15.1. The third-order valence-electron chi connectivity index (χ3n) is 12.2. The quantitative estimate of drug-likeness (QED) is 0.175. The number of hydrogen-bond donors (Lipinski definition) is 0. The summed E-state index contributed by atoms with van der Waals surface area (Å²) >= 11 is 0. The Labute approximate surface area is 321 Å². The molecule has 0 saturated heterocycles. The Morgan fingerprint density at radius 1 is 0.339 bits per heavy atom. The summed E-state index contributed by atoms with van der Waals surface area (Å²) < 4.78 is 4.89. The summed E-state index contributed by atoms with van der Waals surface area (Å²) in [6, 6.07) is 69.0. The molecule has 258 valence electrons. The van der Waals surface area contributed by atoms with Crippen molar-refractivity contribution in [1.29, 1.82) is 0 Å². The highest BCUT2D eigenvalue weighted by Crippen LogP contribution is 2.48. The highest BCUT2D eigenvalue weighted by molar-refractivity contribution is 6.28. The fourth-order valence-corrected chi connectivity index (χ4v) is 9.83. The van der Waals surface area contributed by atoms with Gasteiger partial charge in [0.1, 0.15) is 5.82 Å². The van der Waals surface area contributed by atoms with Crippen LogP contribution in [0.1, 0.15) is 0 Å². The maximum atomic E-state index is 5.42. The number of nitrogens with zero attached hydrogens (tertiary/aromatic N) is 3. The fraction of sp³-hybridized carbons (Fsp3) is 0. The minimum absolute atomic E-state index is 0.973. The minimum Gasteiger partial charge on any atom is -0.309 e. The maximum Gasteiger partial charge on any atom is 0.146 e. The van der Waals surface area contributed by atoms with Crippen LogP contribution in [0, 0.1) is 0 Å². The molecule has 56 heavy (non-hydrogen) atoms. The fourth-order valence-electron chi connectivity index (χ4n) is 9.83. The van der Waals surface area contributed by atoms with Crippen molar-refractivity contribution in [1.82, 2.24) is 14.1 Å². The van der Waals surface area contributed by atoms with Crippen LogP contribution in [0.25, 0.3) is 121 Å². The smallest absolute Gasteiger partial charge is 0.146 e. The average Bonchev–Trinajstić information content (AvgIpc) is 3.75. The zero-order valence-electron chi connectivity index (χ0n) is 30.2. The number of fused-ring (bicyclic) bond motifs is 16. The van der Waals surface area contributed by atoms with Gasteiger partial charge >= 0.3 is 0 Å². The van der Waals surface area contributed by atoms with Crippen molar-refractivity contribution >= 4 is 76.1 Å². The molecule has 1 aliphatic heterocycles. The molecule has 3 heteroatoms. The van der Waals surface area contributed by atoms with E-state index >= 15 is 0 Å². The van der Waals surface area contributed by atoms with Gasteiger partial charge in [0.05, 0.1) is 27.6 Å². The molecule has 12 aromatic rings. The lowest BCUT2D eigenvalue weighted by molar-refractivity contribution is 1.11. The zero-order chi connectivity index (χ0) is 36.5. The third kappa shape index (κ3) is 3.93. The molecular formula is C53H31N3. The molecule has 0 atom stereocenters. The first-order chi connectivity index (χ1) is 27.8. The van der Waals surface area contributed by atoms with Crippen LogP contribution >= 0.6 is 0 Å². The molecule has 0 fully saturated rings. The lowest BCUT2D eigenvalue weighted by atomic mass is 9.92. The molecular weight excluding hydrogens is 679 g/mol. The molecule has 9 aromatic carbocycles. The van der Waals surface area contributed by atoms with Gasteiger partial charge in [-0.25, -0.2) is 4.98 Å². The van der Waals surface area contributed by atoms with E-state index in [1.165, 1.54) is 87.5 Å². The Morgan fingerprint density at radius 3 is 1.88 bits per heavy atom. The van der Waals surface area contributed by atoms with Crippen LogP contribution in [0.15, 0.2) is 188 Å². The molecule has 13 rings (SSSR count). The SMILES string of the molecule is c1ccc(-n2c3ccc4ccccc4c3c3cc(-c4ccc5c(c4)c4cccc6c4n5-c4nc5ccccc5cc4-c4ccccc4-6)c4ccccc4c32)cc1. The van der Waals surface area contributed by atoms with Crippen LogP contribution < -0.4 is 0 Å². The molecule has 0 bridgehead atoms. The van der Waals surface area contributed by atoms with Crippen molar-refractivity contribution in [3.05, 3.63) is 188 Å². The molecule has 1 aliphatic rings. The van der Waals surface area contributed by atoms with Crippen LogP contribution in [-0.2, 0) is 0 Å². The van der Waals surface area contributed by atoms with Crippen molar-refractivity contribution < 1.29 is 0 Å². The Bertz CT molecular complexity index is 3640. The average molecular weight is 710 g/mol. The predicted octanol–water partition coefficient (Wildman–Crippen LogP) is 14.0. The number of benzene rings is 9. The number of rotatable bonds is 2. The zero-order valence-corrected chi connectivity index (χ0v) is 30.2. The number of aromatic nitrogens is 3. The largest absolute Gasteiger partial charge is 0.309 e.